The molecule has 0 saturated carbocycles. The van der Waals surface area contributed by atoms with Crippen LogP contribution in [0.3, 0.4) is 0 Å². The highest BCUT2D eigenvalue weighted by atomic mass is 35.5. The zero-order chi connectivity index (χ0) is 18.3. The van der Waals surface area contributed by atoms with Crippen molar-refractivity contribution < 1.29 is 14.3 Å². The van der Waals surface area contributed by atoms with Crippen molar-refractivity contribution in [2.45, 2.75) is 25.4 Å². The topological polar surface area (TPSA) is 66.6 Å². The number of pyridine rings is 1. The molecule has 1 aromatic carbocycles. The number of hydrogen-bond acceptors (Lipinski definition) is 4. The van der Waals surface area contributed by atoms with E-state index < -0.39 is 5.60 Å². The number of aromatic nitrogens is 1. The Balaban J connectivity index is 1.50. The summed E-state index contributed by atoms with van der Waals surface area (Å²) in [6.07, 6.45) is 0.973. The lowest BCUT2D eigenvalue weighted by molar-refractivity contribution is 0.0435. The van der Waals surface area contributed by atoms with E-state index in [9.17, 15) is 9.90 Å². The number of carbonyl (C=O) groups excluding carboxylic acids is 1. The number of carbonyl (C=O) groups is 1. The number of furan rings is 1. The van der Waals surface area contributed by atoms with Crippen LogP contribution in [0.15, 0.2) is 46.9 Å². The summed E-state index contributed by atoms with van der Waals surface area (Å²) >= 11 is 6.02. The third kappa shape index (κ3) is 3.32. The van der Waals surface area contributed by atoms with Crippen LogP contribution < -0.4 is 0 Å². The van der Waals surface area contributed by atoms with Crippen LogP contribution in [0, 0.1) is 6.92 Å². The second-order valence-corrected chi connectivity index (χ2v) is 7.39. The van der Waals surface area contributed by atoms with Gasteiger partial charge in [-0.2, -0.15) is 0 Å². The second-order valence-electron chi connectivity index (χ2n) is 6.95. The van der Waals surface area contributed by atoms with Crippen molar-refractivity contribution in [3.63, 3.8) is 0 Å². The number of likely N-dealkylation sites (tertiary alicyclic amines) is 1. The van der Waals surface area contributed by atoms with Gasteiger partial charge < -0.3 is 14.4 Å². The third-order valence-electron chi connectivity index (χ3n) is 4.77. The zero-order valence-electron chi connectivity index (χ0n) is 14.4. The van der Waals surface area contributed by atoms with Crippen LogP contribution in [0.2, 0.25) is 5.02 Å². The van der Waals surface area contributed by atoms with E-state index in [1.165, 1.54) is 0 Å². The molecule has 1 unspecified atom stereocenters. The molecule has 1 N–H and O–H groups in total. The van der Waals surface area contributed by atoms with Gasteiger partial charge in [0.25, 0.3) is 5.91 Å². The average molecular weight is 371 g/mol. The first-order valence-electron chi connectivity index (χ1n) is 8.55. The Bertz CT molecular complexity index is 984. The van der Waals surface area contributed by atoms with Crippen LogP contribution in [0.5, 0.6) is 0 Å². The molecule has 26 heavy (non-hydrogen) atoms. The SMILES string of the molecule is Cc1ccc2oc(C(=O)N3CCC(O)(Cc4cccc(Cl)c4)C3)cc2n1. The molecule has 1 aliphatic rings. The maximum atomic E-state index is 12.8. The highest BCUT2D eigenvalue weighted by Crippen LogP contribution is 2.28. The summed E-state index contributed by atoms with van der Waals surface area (Å²) in [4.78, 5) is 18.8. The van der Waals surface area contributed by atoms with Crippen molar-refractivity contribution in [2.24, 2.45) is 0 Å². The maximum absolute atomic E-state index is 12.8. The summed E-state index contributed by atoms with van der Waals surface area (Å²) in [5, 5.41) is 11.5. The summed E-state index contributed by atoms with van der Waals surface area (Å²) in [5.41, 5.74) is 2.13. The minimum Gasteiger partial charge on any atom is -0.449 e. The molecule has 0 spiro atoms. The summed E-state index contributed by atoms with van der Waals surface area (Å²) in [7, 11) is 0. The monoisotopic (exact) mass is 370 g/mol. The standard InChI is InChI=1S/C20H19ClN2O3/c1-13-5-6-17-16(22-13)10-18(26-17)19(24)23-8-7-20(25,12-23)11-14-3-2-4-15(21)9-14/h2-6,9-10,25H,7-8,11-12H2,1H3. The predicted octanol–water partition coefficient (Wildman–Crippen LogP) is 3.61. The van der Waals surface area contributed by atoms with E-state index in [4.69, 9.17) is 16.0 Å². The lowest BCUT2D eigenvalue weighted by Gasteiger charge is -2.23. The van der Waals surface area contributed by atoms with Gasteiger partial charge in [0.05, 0.1) is 12.1 Å². The van der Waals surface area contributed by atoms with Gasteiger partial charge in [-0.15, -0.1) is 0 Å². The molecule has 0 radical (unpaired) electrons. The number of fused-ring (bicyclic) bond motifs is 1. The maximum Gasteiger partial charge on any atom is 0.289 e. The van der Waals surface area contributed by atoms with Gasteiger partial charge in [0, 0.05) is 29.7 Å². The summed E-state index contributed by atoms with van der Waals surface area (Å²) in [6.45, 7) is 2.64. The fraction of sp³-hybridized carbons (Fsp3) is 0.300. The van der Waals surface area contributed by atoms with Crippen molar-refractivity contribution in [2.75, 3.05) is 13.1 Å². The van der Waals surface area contributed by atoms with Gasteiger partial charge >= 0.3 is 0 Å². The van der Waals surface area contributed by atoms with E-state index >= 15 is 0 Å². The average Bonchev–Trinajstić information content (AvgIpc) is 3.17. The van der Waals surface area contributed by atoms with Gasteiger partial charge in [0.15, 0.2) is 11.3 Å². The quantitative estimate of drug-likeness (QED) is 0.764. The van der Waals surface area contributed by atoms with Crippen LogP contribution in [-0.2, 0) is 6.42 Å². The van der Waals surface area contributed by atoms with Crippen LogP contribution in [0.4, 0.5) is 0 Å². The van der Waals surface area contributed by atoms with Gasteiger partial charge in [-0.05, 0) is 43.2 Å². The largest absolute Gasteiger partial charge is 0.449 e. The molecule has 1 fully saturated rings. The van der Waals surface area contributed by atoms with Gasteiger partial charge in [0.2, 0.25) is 0 Å². The van der Waals surface area contributed by atoms with E-state index in [1.54, 1.807) is 17.0 Å². The minimum absolute atomic E-state index is 0.220. The fourth-order valence-corrected chi connectivity index (χ4v) is 3.70. The number of rotatable bonds is 3. The zero-order valence-corrected chi connectivity index (χ0v) is 15.2. The van der Waals surface area contributed by atoms with E-state index in [0.717, 1.165) is 11.3 Å². The number of halogens is 1. The number of aryl methyl sites for hydroxylation is 1. The Morgan fingerprint density at radius 1 is 1.35 bits per heavy atom. The molecular weight excluding hydrogens is 352 g/mol. The van der Waals surface area contributed by atoms with Gasteiger partial charge in [0.1, 0.15) is 5.52 Å². The molecule has 4 rings (SSSR count). The number of benzene rings is 1. The number of hydrogen-bond donors (Lipinski definition) is 1. The molecule has 3 heterocycles. The van der Waals surface area contributed by atoms with Crippen molar-refractivity contribution in [3.05, 3.63) is 64.5 Å². The Morgan fingerprint density at radius 3 is 3.00 bits per heavy atom. The molecular formula is C20H19ClN2O3. The van der Waals surface area contributed by atoms with Crippen molar-refractivity contribution in [1.82, 2.24) is 9.88 Å². The van der Waals surface area contributed by atoms with Crippen LogP contribution in [0.1, 0.15) is 28.2 Å². The number of aliphatic hydroxyl groups is 1. The van der Waals surface area contributed by atoms with Crippen LogP contribution >= 0.6 is 11.6 Å². The Morgan fingerprint density at radius 2 is 2.19 bits per heavy atom. The van der Waals surface area contributed by atoms with E-state index in [2.05, 4.69) is 4.98 Å². The van der Waals surface area contributed by atoms with Crippen molar-refractivity contribution >= 4 is 28.6 Å². The van der Waals surface area contributed by atoms with Gasteiger partial charge in [-0.25, -0.2) is 4.98 Å². The first kappa shape index (κ1) is 17.1. The van der Waals surface area contributed by atoms with E-state index in [1.807, 2.05) is 37.3 Å². The molecule has 134 valence electrons. The van der Waals surface area contributed by atoms with Crippen molar-refractivity contribution in [3.8, 4) is 0 Å². The lowest BCUT2D eigenvalue weighted by Crippen LogP contribution is -2.37. The van der Waals surface area contributed by atoms with Gasteiger partial charge in [-0.3, -0.25) is 4.79 Å². The molecule has 1 atom stereocenters. The Kier molecular flexibility index (Phi) is 4.21. The fourth-order valence-electron chi connectivity index (χ4n) is 3.49. The molecule has 2 aromatic heterocycles. The number of nitrogens with zero attached hydrogens (tertiary/aromatic N) is 2. The number of amides is 1. The molecule has 1 aliphatic heterocycles. The normalized spacial score (nSPS) is 20.0. The summed E-state index contributed by atoms with van der Waals surface area (Å²) in [5.74, 6) is 0.0350. The highest BCUT2D eigenvalue weighted by Gasteiger charge is 2.39. The third-order valence-corrected chi connectivity index (χ3v) is 5.00. The molecule has 0 aliphatic carbocycles. The van der Waals surface area contributed by atoms with Crippen LogP contribution in [-0.4, -0.2) is 39.6 Å². The first-order chi connectivity index (χ1) is 12.4. The molecule has 3 aromatic rings. The summed E-state index contributed by atoms with van der Waals surface area (Å²) < 4.78 is 5.65. The highest BCUT2D eigenvalue weighted by molar-refractivity contribution is 6.30. The first-order valence-corrected chi connectivity index (χ1v) is 8.93. The Labute approximate surface area is 156 Å². The van der Waals surface area contributed by atoms with Gasteiger partial charge in [-0.1, -0.05) is 23.7 Å². The molecule has 1 saturated heterocycles. The molecule has 0 bridgehead atoms. The molecule has 5 nitrogen and oxygen atoms in total. The summed E-state index contributed by atoms with van der Waals surface area (Å²) in [6, 6.07) is 12.8. The lowest BCUT2D eigenvalue weighted by atomic mass is 9.94. The molecule has 6 heteroatoms. The Hall–Kier alpha value is -2.37. The van der Waals surface area contributed by atoms with E-state index in [-0.39, 0.29) is 18.2 Å². The number of β-amino-alcohol motifs (C(OH)–C–C–N with tert-alkyl or cyclic N) is 1. The van der Waals surface area contributed by atoms with E-state index in [0.29, 0.717) is 35.5 Å². The van der Waals surface area contributed by atoms with Crippen LogP contribution in [0.25, 0.3) is 11.1 Å². The molecule has 1 amide bonds. The smallest absolute Gasteiger partial charge is 0.289 e. The second kappa shape index (κ2) is 6.41. The minimum atomic E-state index is -0.957. The van der Waals surface area contributed by atoms with Crippen molar-refractivity contribution in [1.29, 1.82) is 0 Å². The predicted molar refractivity (Wildman–Crippen MR) is 99.4 cm³/mol.